The van der Waals surface area contributed by atoms with Crippen LogP contribution in [0.2, 0.25) is 0 Å². The molecular formula is C18H14N4O3. The van der Waals surface area contributed by atoms with E-state index in [1.54, 1.807) is 35.4 Å². The number of H-pyrrole nitrogens is 1. The highest BCUT2D eigenvalue weighted by Gasteiger charge is 2.10. The van der Waals surface area contributed by atoms with Crippen LogP contribution in [0.3, 0.4) is 0 Å². The Balaban J connectivity index is 1.82. The molecule has 124 valence electrons. The van der Waals surface area contributed by atoms with Crippen LogP contribution in [0.4, 0.5) is 0 Å². The Labute approximate surface area is 141 Å². The average molecular weight is 334 g/mol. The smallest absolute Gasteiger partial charge is 0.349 e. The van der Waals surface area contributed by atoms with Crippen LogP contribution in [0.1, 0.15) is 5.56 Å². The molecule has 7 heteroatoms. The summed E-state index contributed by atoms with van der Waals surface area (Å²) in [6.07, 6.45) is 5.11. The van der Waals surface area contributed by atoms with Crippen LogP contribution in [0.25, 0.3) is 16.7 Å². The minimum Gasteiger partial charge on any atom is -0.405 e. The van der Waals surface area contributed by atoms with Crippen molar-refractivity contribution >= 4 is 11.0 Å². The van der Waals surface area contributed by atoms with Crippen molar-refractivity contribution in [3.8, 4) is 5.69 Å². The largest absolute Gasteiger partial charge is 0.405 e. The second kappa shape index (κ2) is 6.12. The summed E-state index contributed by atoms with van der Waals surface area (Å²) >= 11 is 0. The van der Waals surface area contributed by atoms with Crippen molar-refractivity contribution in [1.82, 2.24) is 19.3 Å². The molecule has 0 saturated heterocycles. The molecular weight excluding hydrogens is 320 g/mol. The number of hydrogen-bond donors (Lipinski definition) is 1. The molecule has 25 heavy (non-hydrogen) atoms. The molecule has 1 N–H and O–H groups in total. The van der Waals surface area contributed by atoms with E-state index in [0.717, 1.165) is 16.0 Å². The minimum absolute atomic E-state index is 0.175. The number of rotatable bonds is 4. The van der Waals surface area contributed by atoms with Gasteiger partial charge in [-0.25, -0.2) is 4.98 Å². The second-order valence-electron chi connectivity index (χ2n) is 5.48. The zero-order valence-electron chi connectivity index (χ0n) is 13.1. The predicted octanol–water partition coefficient (Wildman–Crippen LogP) is 1.50. The molecule has 0 aliphatic carbocycles. The molecule has 0 aliphatic rings. The Morgan fingerprint density at radius 2 is 1.92 bits per heavy atom. The highest BCUT2D eigenvalue weighted by atomic mass is 16.7. The van der Waals surface area contributed by atoms with Gasteiger partial charge < -0.3 is 14.4 Å². The normalized spacial score (nSPS) is 10.9. The lowest BCUT2D eigenvalue weighted by Gasteiger charge is -2.12. The van der Waals surface area contributed by atoms with Gasteiger partial charge in [-0.15, -0.1) is 4.73 Å². The molecule has 0 saturated carbocycles. The average Bonchev–Trinajstić information content (AvgIpc) is 3.17. The summed E-state index contributed by atoms with van der Waals surface area (Å²) < 4.78 is 2.85. The third kappa shape index (κ3) is 2.83. The molecule has 0 spiro atoms. The number of nitrogens with one attached hydrogen (secondary N) is 1. The van der Waals surface area contributed by atoms with Gasteiger partial charge in [0.2, 0.25) is 0 Å². The van der Waals surface area contributed by atoms with Crippen LogP contribution in [-0.4, -0.2) is 19.3 Å². The summed E-state index contributed by atoms with van der Waals surface area (Å²) in [6, 6.07) is 14.8. The van der Waals surface area contributed by atoms with Crippen molar-refractivity contribution < 1.29 is 4.84 Å². The first-order valence-electron chi connectivity index (χ1n) is 7.67. The molecule has 0 bridgehead atoms. The van der Waals surface area contributed by atoms with E-state index in [1.807, 2.05) is 36.4 Å². The summed E-state index contributed by atoms with van der Waals surface area (Å²) in [5.41, 5.74) is 1.21. The Kier molecular flexibility index (Phi) is 3.66. The summed E-state index contributed by atoms with van der Waals surface area (Å²) in [7, 11) is 0. The molecule has 7 nitrogen and oxygen atoms in total. The van der Waals surface area contributed by atoms with Gasteiger partial charge in [-0.3, -0.25) is 9.59 Å². The van der Waals surface area contributed by atoms with Gasteiger partial charge in [0.05, 0.1) is 11.8 Å². The maximum Gasteiger partial charge on any atom is 0.349 e. The third-order valence-electron chi connectivity index (χ3n) is 3.83. The number of nitrogens with zero attached hydrogens (tertiary/aromatic N) is 3. The Bertz CT molecular complexity index is 1130. The fourth-order valence-corrected chi connectivity index (χ4v) is 2.59. The first-order valence-corrected chi connectivity index (χ1v) is 7.67. The lowest BCUT2D eigenvalue weighted by Crippen LogP contribution is -2.39. The van der Waals surface area contributed by atoms with Crippen molar-refractivity contribution in [3.63, 3.8) is 0 Å². The Morgan fingerprint density at radius 1 is 1.08 bits per heavy atom. The van der Waals surface area contributed by atoms with Gasteiger partial charge in [0.15, 0.2) is 0 Å². The highest BCUT2D eigenvalue weighted by Crippen LogP contribution is 2.15. The van der Waals surface area contributed by atoms with Crippen LogP contribution >= 0.6 is 0 Å². The quantitative estimate of drug-likeness (QED) is 0.574. The first kappa shape index (κ1) is 14.9. The molecule has 2 heterocycles. The van der Waals surface area contributed by atoms with E-state index in [-0.39, 0.29) is 6.61 Å². The van der Waals surface area contributed by atoms with Gasteiger partial charge in [0.25, 0.3) is 0 Å². The number of aromatic nitrogens is 4. The number of benzene rings is 2. The number of hydrogen-bond acceptors (Lipinski definition) is 4. The summed E-state index contributed by atoms with van der Waals surface area (Å²) in [5, 5.41) is 0. The fourth-order valence-electron chi connectivity index (χ4n) is 2.59. The van der Waals surface area contributed by atoms with Crippen LogP contribution in [0.5, 0.6) is 0 Å². The lowest BCUT2D eigenvalue weighted by atomic mass is 10.2. The molecule has 0 radical (unpaired) electrons. The first-order chi connectivity index (χ1) is 12.2. The van der Waals surface area contributed by atoms with Crippen molar-refractivity contribution in [2.45, 2.75) is 6.61 Å². The van der Waals surface area contributed by atoms with Gasteiger partial charge in [0.1, 0.15) is 12.1 Å². The molecule has 0 amide bonds. The fraction of sp³-hybridized carbons (Fsp3) is 0.0556. The molecule has 0 atom stereocenters. The second-order valence-corrected chi connectivity index (χ2v) is 5.48. The minimum atomic E-state index is -0.758. The Morgan fingerprint density at radius 3 is 2.68 bits per heavy atom. The van der Waals surface area contributed by atoms with Gasteiger partial charge in [-0.1, -0.05) is 30.3 Å². The van der Waals surface area contributed by atoms with Crippen molar-refractivity contribution in [3.05, 3.63) is 93.5 Å². The molecule has 0 aliphatic heterocycles. The van der Waals surface area contributed by atoms with E-state index in [2.05, 4.69) is 9.97 Å². The third-order valence-corrected chi connectivity index (χ3v) is 3.83. The van der Waals surface area contributed by atoms with Crippen LogP contribution in [-0.2, 0) is 6.61 Å². The van der Waals surface area contributed by atoms with E-state index in [0.29, 0.717) is 11.0 Å². The highest BCUT2D eigenvalue weighted by molar-refractivity contribution is 5.76. The lowest BCUT2D eigenvalue weighted by molar-refractivity contribution is 0.0980. The van der Waals surface area contributed by atoms with Gasteiger partial charge in [-0.2, -0.15) is 0 Å². The number of fused-ring (bicyclic) bond motifs is 1. The number of aromatic amines is 1. The van der Waals surface area contributed by atoms with Gasteiger partial charge >= 0.3 is 11.1 Å². The van der Waals surface area contributed by atoms with Gasteiger partial charge in [-0.05, 0) is 23.8 Å². The van der Waals surface area contributed by atoms with E-state index < -0.39 is 11.1 Å². The van der Waals surface area contributed by atoms with Crippen molar-refractivity contribution in [1.29, 1.82) is 0 Å². The van der Waals surface area contributed by atoms with Gasteiger partial charge in [0, 0.05) is 18.1 Å². The molecule has 4 rings (SSSR count). The van der Waals surface area contributed by atoms with Crippen molar-refractivity contribution in [2.24, 2.45) is 0 Å². The zero-order valence-corrected chi connectivity index (χ0v) is 13.1. The van der Waals surface area contributed by atoms with Crippen LogP contribution in [0, 0.1) is 0 Å². The molecule has 2 aromatic heterocycles. The zero-order chi connectivity index (χ0) is 17.2. The molecule has 0 unspecified atom stereocenters. The SMILES string of the molecule is O=c1[nH]c2ccc(-n3ccnc3)cc2n(OCc2ccccc2)c1=O. The summed E-state index contributed by atoms with van der Waals surface area (Å²) in [6.45, 7) is 0.175. The maximum atomic E-state index is 12.3. The Hall–Kier alpha value is -3.61. The predicted molar refractivity (Wildman–Crippen MR) is 92.7 cm³/mol. The molecule has 0 fully saturated rings. The number of imidazole rings is 1. The molecule has 4 aromatic rings. The summed E-state index contributed by atoms with van der Waals surface area (Å²) in [5.74, 6) is 0. The summed E-state index contributed by atoms with van der Waals surface area (Å²) in [4.78, 5) is 36.4. The van der Waals surface area contributed by atoms with Crippen molar-refractivity contribution in [2.75, 3.05) is 0 Å². The monoisotopic (exact) mass is 334 g/mol. The van der Waals surface area contributed by atoms with E-state index in [4.69, 9.17) is 4.84 Å². The van der Waals surface area contributed by atoms with E-state index >= 15 is 0 Å². The molecule has 2 aromatic carbocycles. The maximum absolute atomic E-state index is 12.3. The van der Waals surface area contributed by atoms with E-state index in [1.165, 1.54) is 0 Å². The van der Waals surface area contributed by atoms with E-state index in [9.17, 15) is 9.59 Å². The van der Waals surface area contributed by atoms with Crippen LogP contribution in [0.15, 0.2) is 76.8 Å². The topological polar surface area (TPSA) is 81.9 Å². The standard InChI is InChI=1S/C18H14N4O3/c23-17-18(24)22(25-11-13-4-2-1-3-5-13)16-10-14(6-7-15(16)20-17)21-9-8-19-12-21/h1-10,12H,11H2,(H,20,23). The van der Waals surface area contributed by atoms with Crippen LogP contribution < -0.4 is 16.0 Å².